The molecule has 0 spiro atoms. The van der Waals surface area contributed by atoms with Crippen molar-refractivity contribution in [1.82, 2.24) is 15.6 Å². The number of aryl methyl sites for hydroxylation is 2. The molecule has 4 nitrogen and oxygen atoms in total. The van der Waals surface area contributed by atoms with Crippen molar-refractivity contribution in [3.63, 3.8) is 0 Å². The Labute approximate surface area is 154 Å². The van der Waals surface area contributed by atoms with Gasteiger partial charge >= 0.3 is 0 Å². The van der Waals surface area contributed by atoms with Crippen molar-refractivity contribution >= 4 is 53.0 Å². The lowest BCUT2D eigenvalue weighted by Gasteiger charge is -2.10. The molecular weight excluding hydrogens is 415 g/mol. The van der Waals surface area contributed by atoms with Gasteiger partial charge in [-0.3, -0.25) is 4.99 Å². The van der Waals surface area contributed by atoms with Gasteiger partial charge in [0.05, 0.1) is 10.7 Å². The average molecular weight is 442 g/mol. The molecule has 1 heterocycles. The number of hydrogen-bond donors (Lipinski definition) is 2. The maximum Gasteiger partial charge on any atom is 0.191 e. The Morgan fingerprint density at radius 1 is 1.33 bits per heavy atom. The standard InChI is InChI=1S/C14H26N4S2.HI/c1-5-15-14(16-8-6-10-19-4)17-9-7-13-18-11(2)12(3)20-13;/h5-10H2,1-4H3,(H2,15,16,17);1H. The maximum absolute atomic E-state index is 4.57. The van der Waals surface area contributed by atoms with E-state index in [2.05, 4.69) is 47.6 Å². The molecule has 2 N–H and O–H groups in total. The van der Waals surface area contributed by atoms with Crippen molar-refractivity contribution in [2.75, 3.05) is 31.6 Å². The summed E-state index contributed by atoms with van der Waals surface area (Å²) >= 11 is 3.66. The summed E-state index contributed by atoms with van der Waals surface area (Å²) < 4.78 is 0. The highest BCUT2D eigenvalue weighted by atomic mass is 127. The van der Waals surface area contributed by atoms with E-state index >= 15 is 0 Å². The van der Waals surface area contributed by atoms with Gasteiger partial charge in [-0.1, -0.05) is 0 Å². The first kappa shape index (κ1) is 21.0. The number of aromatic nitrogens is 1. The Bertz CT molecular complexity index is 402. The van der Waals surface area contributed by atoms with Crippen LogP contribution >= 0.6 is 47.1 Å². The van der Waals surface area contributed by atoms with Crippen LogP contribution in [-0.2, 0) is 6.42 Å². The van der Waals surface area contributed by atoms with Crippen molar-refractivity contribution < 1.29 is 0 Å². The van der Waals surface area contributed by atoms with Gasteiger partial charge in [-0.2, -0.15) is 11.8 Å². The lowest BCUT2D eigenvalue weighted by Crippen LogP contribution is -2.38. The number of hydrogen-bond acceptors (Lipinski definition) is 4. The van der Waals surface area contributed by atoms with Crippen LogP contribution in [0.1, 0.15) is 28.9 Å². The molecule has 0 saturated carbocycles. The first-order valence-corrected chi connectivity index (χ1v) is 9.32. The molecule has 0 aromatic carbocycles. The van der Waals surface area contributed by atoms with Crippen LogP contribution in [0.3, 0.4) is 0 Å². The molecule has 0 aliphatic heterocycles. The number of guanidine groups is 1. The topological polar surface area (TPSA) is 49.3 Å². The molecule has 0 radical (unpaired) electrons. The summed E-state index contributed by atoms with van der Waals surface area (Å²) in [4.78, 5) is 10.4. The molecule has 21 heavy (non-hydrogen) atoms. The number of rotatable bonds is 8. The largest absolute Gasteiger partial charge is 0.357 e. The number of halogens is 1. The quantitative estimate of drug-likeness (QED) is 0.281. The van der Waals surface area contributed by atoms with E-state index in [0.29, 0.717) is 0 Å². The van der Waals surface area contributed by atoms with Crippen LogP contribution in [0, 0.1) is 13.8 Å². The summed E-state index contributed by atoms with van der Waals surface area (Å²) in [5.41, 5.74) is 1.16. The fourth-order valence-electron chi connectivity index (χ4n) is 1.68. The minimum Gasteiger partial charge on any atom is -0.357 e. The average Bonchev–Trinajstić information content (AvgIpc) is 2.73. The first-order chi connectivity index (χ1) is 9.67. The number of thioether (sulfide) groups is 1. The van der Waals surface area contributed by atoms with Crippen molar-refractivity contribution in [1.29, 1.82) is 0 Å². The second-order valence-corrected chi connectivity index (χ2v) is 6.81. The van der Waals surface area contributed by atoms with Gasteiger partial charge in [0.1, 0.15) is 0 Å². The van der Waals surface area contributed by atoms with Gasteiger partial charge in [-0.05, 0) is 39.2 Å². The van der Waals surface area contributed by atoms with Gasteiger partial charge < -0.3 is 10.6 Å². The second kappa shape index (κ2) is 12.5. The highest BCUT2D eigenvalue weighted by molar-refractivity contribution is 14.0. The SMILES string of the molecule is CCNC(=NCCCSC)NCCc1nc(C)c(C)s1.I. The Morgan fingerprint density at radius 2 is 2.10 bits per heavy atom. The Kier molecular flexibility index (Phi) is 12.5. The fourth-order valence-corrected chi connectivity index (χ4v) is 3.03. The van der Waals surface area contributed by atoms with E-state index in [9.17, 15) is 0 Å². The minimum atomic E-state index is 0. The zero-order valence-electron chi connectivity index (χ0n) is 13.4. The molecule has 0 fully saturated rings. The minimum absolute atomic E-state index is 0. The molecule has 0 unspecified atom stereocenters. The summed E-state index contributed by atoms with van der Waals surface area (Å²) in [6.45, 7) is 8.93. The predicted octanol–water partition coefficient (Wildman–Crippen LogP) is 3.23. The van der Waals surface area contributed by atoms with E-state index in [1.165, 1.54) is 15.6 Å². The molecule has 0 bridgehead atoms. The summed E-state index contributed by atoms with van der Waals surface area (Å²) in [6.07, 6.45) is 4.21. The summed E-state index contributed by atoms with van der Waals surface area (Å²) in [5.74, 6) is 2.08. The number of nitrogens with one attached hydrogen (secondary N) is 2. The number of thiazole rings is 1. The normalized spacial score (nSPS) is 11.1. The van der Waals surface area contributed by atoms with Gasteiger partial charge in [0.25, 0.3) is 0 Å². The number of aliphatic imine (C=N–C) groups is 1. The van der Waals surface area contributed by atoms with Gasteiger partial charge in [-0.25, -0.2) is 4.98 Å². The molecule has 0 atom stereocenters. The molecule has 0 amide bonds. The number of nitrogens with zero attached hydrogens (tertiary/aromatic N) is 2. The van der Waals surface area contributed by atoms with E-state index in [0.717, 1.165) is 44.1 Å². The smallest absolute Gasteiger partial charge is 0.191 e. The molecular formula is C14H27IN4S2. The zero-order valence-corrected chi connectivity index (χ0v) is 17.3. The molecule has 1 rings (SSSR count). The fraction of sp³-hybridized carbons (Fsp3) is 0.714. The summed E-state index contributed by atoms with van der Waals surface area (Å²) in [7, 11) is 0. The van der Waals surface area contributed by atoms with Crippen LogP contribution in [-0.4, -0.2) is 42.6 Å². The van der Waals surface area contributed by atoms with Crippen molar-refractivity contribution in [3.05, 3.63) is 15.6 Å². The summed E-state index contributed by atoms with van der Waals surface area (Å²) in [5, 5.41) is 7.85. The van der Waals surface area contributed by atoms with E-state index < -0.39 is 0 Å². The molecule has 122 valence electrons. The van der Waals surface area contributed by atoms with Crippen LogP contribution in [0.5, 0.6) is 0 Å². The predicted molar refractivity (Wildman–Crippen MR) is 108 cm³/mol. The second-order valence-electron chi connectivity index (χ2n) is 4.53. The Morgan fingerprint density at radius 3 is 2.67 bits per heavy atom. The molecule has 0 aliphatic carbocycles. The molecule has 1 aromatic rings. The summed E-state index contributed by atoms with van der Waals surface area (Å²) in [6, 6.07) is 0. The highest BCUT2D eigenvalue weighted by Crippen LogP contribution is 2.16. The maximum atomic E-state index is 4.57. The van der Waals surface area contributed by atoms with Gasteiger partial charge in [0.15, 0.2) is 5.96 Å². The van der Waals surface area contributed by atoms with Crippen molar-refractivity contribution in [2.24, 2.45) is 4.99 Å². The highest BCUT2D eigenvalue weighted by Gasteiger charge is 2.03. The lowest BCUT2D eigenvalue weighted by atomic mass is 10.4. The van der Waals surface area contributed by atoms with Crippen LogP contribution < -0.4 is 10.6 Å². The van der Waals surface area contributed by atoms with Crippen molar-refractivity contribution in [3.8, 4) is 0 Å². The van der Waals surface area contributed by atoms with Crippen LogP contribution in [0.2, 0.25) is 0 Å². The van der Waals surface area contributed by atoms with Crippen LogP contribution in [0.25, 0.3) is 0 Å². The van der Waals surface area contributed by atoms with E-state index in [1.54, 1.807) is 11.3 Å². The van der Waals surface area contributed by atoms with Gasteiger partial charge in [0.2, 0.25) is 0 Å². The molecule has 0 saturated heterocycles. The first-order valence-electron chi connectivity index (χ1n) is 7.11. The van der Waals surface area contributed by atoms with Gasteiger partial charge in [0, 0.05) is 30.9 Å². The molecule has 7 heteroatoms. The van der Waals surface area contributed by atoms with Crippen LogP contribution in [0.4, 0.5) is 0 Å². The van der Waals surface area contributed by atoms with Crippen molar-refractivity contribution in [2.45, 2.75) is 33.6 Å². The Hall–Kier alpha value is -0.0200. The van der Waals surface area contributed by atoms with E-state index in [-0.39, 0.29) is 24.0 Å². The van der Waals surface area contributed by atoms with Crippen LogP contribution in [0.15, 0.2) is 4.99 Å². The molecule has 1 aromatic heterocycles. The lowest BCUT2D eigenvalue weighted by molar-refractivity contribution is 0.791. The van der Waals surface area contributed by atoms with Gasteiger partial charge in [-0.15, -0.1) is 35.3 Å². The monoisotopic (exact) mass is 442 g/mol. The Balaban J connectivity index is 0.00000400. The third kappa shape index (κ3) is 8.87. The zero-order chi connectivity index (χ0) is 14.8. The molecule has 0 aliphatic rings. The third-order valence-electron chi connectivity index (χ3n) is 2.82. The third-order valence-corrected chi connectivity index (χ3v) is 4.65. The van der Waals surface area contributed by atoms with E-state index in [4.69, 9.17) is 0 Å². The van der Waals surface area contributed by atoms with E-state index in [1.807, 2.05) is 11.8 Å².